The molecule has 0 unspecified atom stereocenters. The molecule has 0 fully saturated rings. The third-order valence-corrected chi connectivity index (χ3v) is 2.42. The molecule has 3 heteroatoms. The van der Waals surface area contributed by atoms with E-state index in [4.69, 9.17) is 15.2 Å². The lowest BCUT2D eigenvalue weighted by Gasteiger charge is -2.09. The van der Waals surface area contributed by atoms with Crippen LogP contribution in [0.4, 0.5) is 0 Å². The van der Waals surface area contributed by atoms with Gasteiger partial charge in [0.15, 0.2) is 11.5 Å². The minimum absolute atomic E-state index is 0.630. The fourth-order valence-corrected chi connectivity index (χ4v) is 1.50. The van der Waals surface area contributed by atoms with Crippen molar-refractivity contribution in [1.29, 1.82) is 0 Å². The molecule has 0 saturated carbocycles. The first-order chi connectivity index (χ1) is 8.81. The molecule has 2 N–H and O–H groups in total. The molecule has 0 atom stereocenters. The lowest BCUT2D eigenvalue weighted by molar-refractivity contribution is 0.377. The summed E-state index contributed by atoms with van der Waals surface area (Å²) in [6, 6.07) is 5.86. The van der Waals surface area contributed by atoms with Gasteiger partial charge in [-0.05, 0) is 43.2 Å². The molecule has 0 aliphatic rings. The van der Waals surface area contributed by atoms with E-state index in [1.54, 1.807) is 13.4 Å². The molecule has 0 aliphatic heterocycles. The van der Waals surface area contributed by atoms with E-state index in [0.29, 0.717) is 12.3 Å². The Kier molecular flexibility index (Phi) is 6.66. The van der Waals surface area contributed by atoms with Gasteiger partial charge in [0.05, 0.1) is 13.4 Å². The van der Waals surface area contributed by atoms with Crippen molar-refractivity contribution in [2.24, 2.45) is 5.73 Å². The maximum absolute atomic E-state index is 5.53. The Balaban J connectivity index is 2.70. The maximum atomic E-state index is 5.53. The van der Waals surface area contributed by atoms with E-state index in [1.165, 1.54) is 0 Å². The van der Waals surface area contributed by atoms with Crippen molar-refractivity contribution in [1.82, 2.24) is 0 Å². The summed E-state index contributed by atoms with van der Waals surface area (Å²) in [6.07, 6.45) is 9.37. The highest BCUT2D eigenvalue weighted by Crippen LogP contribution is 2.28. The molecule has 1 aromatic carbocycles. The molecule has 98 valence electrons. The summed E-state index contributed by atoms with van der Waals surface area (Å²) in [4.78, 5) is 0. The summed E-state index contributed by atoms with van der Waals surface area (Å²) in [5, 5.41) is 0. The van der Waals surface area contributed by atoms with Gasteiger partial charge in [-0.1, -0.05) is 25.1 Å². The normalized spacial score (nSPS) is 11.3. The van der Waals surface area contributed by atoms with Gasteiger partial charge < -0.3 is 15.2 Å². The summed E-state index contributed by atoms with van der Waals surface area (Å²) in [6.45, 7) is 2.72. The average Bonchev–Trinajstić information content (AvgIpc) is 2.40. The van der Waals surface area contributed by atoms with Gasteiger partial charge in [-0.2, -0.15) is 0 Å². The van der Waals surface area contributed by atoms with Crippen LogP contribution in [0.25, 0.3) is 0 Å². The Morgan fingerprint density at radius 2 is 2.06 bits per heavy atom. The molecule has 18 heavy (non-hydrogen) atoms. The molecule has 0 saturated heterocycles. The largest absolute Gasteiger partial charge is 0.493 e. The van der Waals surface area contributed by atoms with Gasteiger partial charge in [0.2, 0.25) is 0 Å². The Hall–Kier alpha value is -1.74. The molecule has 1 rings (SSSR count). The van der Waals surface area contributed by atoms with Gasteiger partial charge >= 0.3 is 0 Å². The van der Waals surface area contributed by atoms with Crippen LogP contribution < -0.4 is 15.2 Å². The average molecular weight is 247 g/mol. The lowest BCUT2D eigenvalue weighted by Crippen LogP contribution is -2.03. The van der Waals surface area contributed by atoms with Crippen molar-refractivity contribution in [3.05, 3.63) is 48.3 Å². The molecular weight excluding hydrogens is 226 g/mol. The van der Waals surface area contributed by atoms with E-state index in [0.717, 1.165) is 24.2 Å². The molecule has 0 aromatic heterocycles. The molecule has 1 aromatic rings. The second-order valence-corrected chi connectivity index (χ2v) is 3.81. The second-order valence-electron chi connectivity index (χ2n) is 3.81. The molecule has 0 heterocycles. The summed E-state index contributed by atoms with van der Waals surface area (Å²) in [5.41, 5.74) is 6.68. The zero-order valence-corrected chi connectivity index (χ0v) is 11.1. The third-order valence-electron chi connectivity index (χ3n) is 2.42. The Morgan fingerprint density at radius 3 is 2.72 bits per heavy atom. The summed E-state index contributed by atoms with van der Waals surface area (Å²) in [7, 11) is 1.63. The van der Waals surface area contributed by atoms with Crippen molar-refractivity contribution in [2.75, 3.05) is 13.7 Å². The number of hydrogen-bond donors (Lipinski definition) is 1. The fraction of sp³-hybridized carbons (Fsp3) is 0.333. The zero-order chi connectivity index (χ0) is 13.2. The number of hydrogen-bond acceptors (Lipinski definition) is 3. The van der Waals surface area contributed by atoms with Gasteiger partial charge in [-0.25, -0.2) is 0 Å². The Morgan fingerprint density at radius 1 is 1.22 bits per heavy atom. The minimum atomic E-state index is 0.630. The topological polar surface area (TPSA) is 44.5 Å². The van der Waals surface area contributed by atoms with E-state index < -0.39 is 0 Å². The predicted octanol–water partition coefficient (Wildman–Crippen LogP) is 3.06. The van der Waals surface area contributed by atoms with Crippen LogP contribution in [-0.4, -0.2) is 13.7 Å². The van der Waals surface area contributed by atoms with Crippen LogP contribution >= 0.6 is 0 Å². The number of rotatable bonds is 7. The van der Waals surface area contributed by atoms with E-state index >= 15 is 0 Å². The van der Waals surface area contributed by atoms with Crippen LogP contribution in [-0.2, 0) is 6.42 Å². The number of allylic oxidation sites excluding steroid dienone is 3. The Labute approximate surface area is 109 Å². The molecule has 0 aliphatic carbocycles. The third kappa shape index (κ3) is 4.63. The van der Waals surface area contributed by atoms with Crippen LogP contribution in [0.5, 0.6) is 11.5 Å². The molecule has 3 nitrogen and oxygen atoms in total. The monoisotopic (exact) mass is 247 g/mol. The maximum Gasteiger partial charge on any atom is 0.168 e. The standard InChI is InChI=1S/C15H21NO2/c1-3-4-5-6-11-18-14-8-7-13(9-10-16)12-15(14)17-2/h4-8,11-12H,3,9-10,16H2,1-2H3/b5-4-,11-6-. The van der Waals surface area contributed by atoms with Gasteiger partial charge in [0.25, 0.3) is 0 Å². The molecular formula is C15H21NO2. The first-order valence-corrected chi connectivity index (χ1v) is 6.17. The number of benzene rings is 1. The van der Waals surface area contributed by atoms with E-state index in [-0.39, 0.29) is 0 Å². The molecule has 0 radical (unpaired) electrons. The molecule has 0 amide bonds. The minimum Gasteiger partial charge on any atom is -0.493 e. The molecule has 0 bridgehead atoms. The van der Waals surface area contributed by atoms with Crippen LogP contribution in [0, 0.1) is 0 Å². The lowest BCUT2D eigenvalue weighted by atomic mass is 10.1. The number of ether oxygens (including phenoxy) is 2. The quantitative estimate of drug-likeness (QED) is 0.595. The van der Waals surface area contributed by atoms with Crippen molar-refractivity contribution < 1.29 is 9.47 Å². The zero-order valence-electron chi connectivity index (χ0n) is 11.1. The van der Waals surface area contributed by atoms with Gasteiger partial charge in [0.1, 0.15) is 0 Å². The first kappa shape index (κ1) is 14.3. The van der Waals surface area contributed by atoms with Crippen LogP contribution in [0.2, 0.25) is 0 Å². The van der Waals surface area contributed by atoms with E-state index in [1.807, 2.05) is 30.4 Å². The highest BCUT2D eigenvalue weighted by Gasteiger charge is 2.04. The van der Waals surface area contributed by atoms with Crippen molar-refractivity contribution in [3.8, 4) is 11.5 Å². The van der Waals surface area contributed by atoms with Crippen LogP contribution in [0.1, 0.15) is 18.9 Å². The summed E-state index contributed by atoms with van der Waals surface area (Å²) < 4.78 is 10.8. The summed E-state index contributed by atoms with van der Waals surface area (Å²) in [5.74, 6) is 1.43. The van der Waals surface area contributed by atoms with E-state index in [9.17, 15) is 0 Å². The SMILES string of the molecule is CC/C=C\C=C/Oc1ccc(CCN)cc1OC. The van der Waals surface area contributed by atoms with Crippen molar-refractivity contribution in [3.63, 3.8) is 0 Å². The van der Waals surface area contributed by atoms with Crippen molar-refractivity contribution >= 4 is 0 Å². The first-order valence-electron chi connectivity index (χ1n) is 6.17. The Bertz CT molecular complexity index is 411. The second kappa shape index (κ2) is 8.37. The summed E-state index contributed by atoms with van der Waals surface area (Å²) >= 11 is 0. The van der Waals surface area contributed by atoms with Gasteiger partial charge in [-0.3, -0.25) is 0 Å². The van der Waals surface area contributed by atoms with Gasteiger partial charge in [0, 0.05) is 0 Å². The van der Waals surface area contributed by atoms with Gasteiger partial charge in [-0.15, -0.1) is 0 Å². The van der Waals surface area contributed by atoms with Crippen LogP contribution in [0.3, 0.4) is 0 Å². The highest BCUT2D eigenvalue weighted by atomic mass is 16.5. The van der Waals surface area contributed by atoms with Crippen LogP contribution in [0.15, 0.2) is 42.7 Å². The number of nitrogens with two attached hydrogens (primary N) is 1. The predicted molar refractivity (Wildman–Crippen MR) is 75.0 cm³/mol. The number of methoxy groups -OCH3 is 1. The smallest absolute Gasteiger partial charge is 0.168 e. The van der Waals surface area contributed by atoms with Crippen molar-refractivity contribution in [2.45, 2.75) is 19.8 Å². The highest BCUT2D eigenvalue weighted by molar-refractivity contribution is 5.43. The molecule has 0 spiro atoms. The fourth-order valence-electron chi connectivity index (χ4n) is 1.50. The van der Waals surface area contributed by atoms with E-state index in [2.05, 4.69) is 13.0 Å².